The highest BCUT2D eigenvalue weighted by Gasteiger charge is 2.36. The molecule has 1 aromatic rings. The van der Waals surface area contributed by atoms with Crippen LogP contribution in [0.15, 0.2) is 29.2 Å². The zero-order chi connectivity index (χ0) is 14.6. The molecule has 0 aromatic heterocycles. The first-order valence-electron chi connectivity index (χ1n) is 7.20. The maximum atomic E-state index is 12.8. The van der Waals surface area contributed by atoms with Gasteiger partial charge in [0.1, 0.15) is 0 Å². The number of rotatable bonds is 5. The molecule has 5 heteroatoms. The van der Waals surface area contributed by atoms with E-state index in [0.717, 1.165) is 24.8 Å². The van der Waals surface area contributed by atoms with Crippen molar-refractivity contribution in [1.29, 1.82) is 0 Å². The van der Waals surface area contributed by atoms with Gasteiger partial charge in [-0.25, -0.2) is 8.42 Å². The van der Waals surface area contributed by atoms with E-state index in [-0.39, 0.29) is 17.9 Å². The minimum absolute atomic E-state index is 0.0355. The van der Waals surface area contributed by atoms with Crippen LogP contribution in [0, 0.1) is 6.92 Å². The molecule has 0 radical (unpaired) electrons. The topological polar surface area (TPSA) is 66.4 Å². The summed E-state index contributed by atoms with van der Waals surface area (Å²) in [4.78, 5) is 0.408. The minimum Gasteiger partial charge on any atom is -0.395 e. The minimum atomic E-state index is -3.30. The van der Waals surface area contributed by atoms with Crippen LogP contribution in [0.3, 0.4) is 0 Å². The molecule has 1 aliphatic rings. The maximum Gasteiger partial charge on any atom is 0.182 e. The van der Waals surface area contributed by atoms with Crippen molar-refractivity contribution in [3.05, 3.63) is 29.8 Å². The van der Waals surface area contributed by atoms with Gasteiger partial charge in [-0.3, -0.25) is 0 Å². The number of benzene rings is 1. The number of aliphatic hydroxyl groups excluding tert-OH is 1. The van der Waals surface area contributed by atoms with Crippen molar-refractivity contribution in [3.8, 4) is 0 Å². The van der Waals surface area contributed by atoms with Crippen molar-refractivity contribution in [2.75, 3.05) is 13.2 Å². The highest BCUT2D eigenvalue weighted by molar-refractivity contribution is 7.92. The van der Waals surface area contributed by atoms with Crippen molar-refractivity contribution >= 4 is 9.84 Å². The van der Waals surface area contributed by atoms with Crippen LogP contribution in [0.4, 0.5) is 0 Å². The number of nitrogens with one attached hydrogen (secondary N) is 1. The van der Waals surface area contributed by atoms with E-state index in [0.29, 0.717) is 17.9 Å². The van der Waals surface area contributed by atoms with Gasteiger partial charge in [-0.15, -0.1) is 0 Å². The van der Waals surface area contributed by atoms with E-state index in [4.69, 9.17) is 5.11 Å². The summed E-state index contributed by atoms with van der Waals surface area (Å²) in [6.45, 7) is 2.43. The molecule has 0 spiro atoms. The Morgan fingerprint density at radius 2 is 1.85 bits per heavy atom. The fourth-order valence-corrected chi connectivity index (χ4v) is 4.86. The molecule has 1 saturated carbocycles. The van der Waals surface area contributed by atoms with Gasteiger partial charge in [0, 0.05) is 12.6 Å². The van der Waals surface area contributed by atoms with Crippen LogP contribution in [0.1, 0.15) is 31.2 Å². The molecule has 0 saturated heterocycles. The fraction of sp³-hybridized carbons (Fsp3) is 0.600. The predicted octanol–water partition coefficient (Wildman–Crippen LogP) is 1.66. The van der Waals surface area contributed by atoms with Gasteiger partial charge in [0.2, 0.25) is 0 Å². The van der Waals surface area contributed by atoms with E-state index >= 15 is 0 Å². The Morgan fingerprint density at radius 1 is 1.20 bits per heavy atom. The summed E-state index contributed by atoms with van der Waals surface area (Å²) < 4.78 is 25.5. The van der Waals surface area contributed by atoms with Gasteiger partial charge in [-0.05, 0) is 31.9 Å². The molecule has 0 bridgehead atoms. The molecular weight excluding hydrogens is 274 g/mol. The van der Waals surface area contributed by atoms with Crippen molar-refractivity contribution in [1.82, 2.24) is 5.32 Å². The molecule has 112 valence electrons. The molecule has 1 aromatic carbocycles. The third-order valence-corrected chi connectivity index (χ3v) is 6.26. The normalized spacial score (nSPS) is 23.7. The highest BCUT2D eigenvalue weighted by Crippen LogP contribution is 2.29. The third-order valence-electron chi connectivity index (χ3n) is 3.97. The Labute approximate surface area is 121 Å². The van der Waals surface area contributed by atoms with E-state index in [2.05, 4.69) is 5.32 Å². The molecular formula is C15H23NO3S. The summed E-state index contributed by atoms with van der Waals surface area (Å²) in [7, 11) is -3.30. The number of hydrogen-bond donors (Lipinski definition) is 2. The van der Waals surface area contributed by atoms with Crippen LogP contribution in [0.5, 0.6) is 0 Å². The van der Waals surface area contributed by atoms with Crippen LogP contribution in [-0.2, 0) is 9.84 Å². The van der Waals surface area contributed by atoms with Gasteiger partial charge in [0.15, 0.2) is 9.84 Å². The van der Waals surface area contributed by atoms with Gasteiger partial charge < -0.3 is 10.4 Å². The summed E-state index contributed by atoms with van der Waals surface area (Å²) in [6.07, 6.45) is 3.55. The molecule has 2 atom stereocenters. The molecule has 0 heterocycles. The number of hydrogen-bond acceptors (Lipinski definition) is 4. The molecule has 20 heavy (non-hydrogen) atoms. The maximum absolute atomic E-state index is 12.8. The van der Waals surface area contributed by atoms with Crippen molar-refractivity contribution in [2.24, 2.45) is 0 Å². The largest absolute Gasteiger partial charge is 0.395 e. The average Bonchev–Trinajstić information content (AvgIpc) is 2.46. The Hall–Kier alpha value is -0.910. The van der Waals surface area contributed by atoms with Crippen LogP contribution in [-0.4, -0.2) is 38.0 Å². The zero-order valence-electron chi connectivity index (χ0n) is 11.9. The van der Waals surface area contributed by atoms with Gasteiger partial charge in [0.25, 0.3) is 0 Å². The molecule has 2 N–H and O–H groups in total. The van der Waals surface area contributed by atoms with E-state index in [1.807, 2.05) is 19.1 Å². The molecule has 0 amide bonds. The Bertz CT molecular complexity index is 525. The quantitative estimate of drug-likeness (QED) is 0.867. The fourth-order valence-electron chi connectivity index (χ4n) is 2.85. The molecule has 0 aliphatic heterocycles. The van der Waals surface area contributed by atoms with Gasteiger partial charge >= 0.3 is 0 Å². The first kappa shape index (κ1) is 15.5. The predicted molar refractivity (Wildman–Crippen MR) is 79.5 cm³/mol. The monoisotopic (exact) mass is 297 g/mol. The van der Waals surface area contributed by atoms with E-state index < -0.39 is 9.84 Å². The van der Waals surface area contributed by atoms with Gasteiger partial charge in [-0.1, -0.05) is 30.5 Å². The summed E-state index contributed by atoms with van der Waals surface area (Å²) in [6, 6.07) is 7.02. The number of sulfone groups is 1. The van der Waals surface area contributed by atoms with Crippen LogP contribution >= 0.6 is 0 Å². The van der Waals surface area contributed by atoms with E-state index in [1.54, 1.807) is 12.1 Å². The van der Waals surface area contributed by atoms with Crippen LogP contribution in [0.2, 0.25) is 0 Å². The first-order chi connectivity index (χ1) is 9.55. The first-order valence-corrected chi connectivity index (χ1v) is 8.75. The highest BCUT2D eigenvalue weighted by atomic mass is 32.2. The van der Waals surface area contributed by atoms with Crippen molar-refractivity contribution in [3.63, 3.8) is 0 Å². The lowest BCUT2D eigenvalue weighted by Gasteiger charge is -2.32. The van der Waals surface area contributed by atoms with Gasteiger partial charge in [-0.2, -0.15) is 0 Å². The Kier molecular flexibility index (Phi) is 5.18. The lowest BCUT2D eigenvalue weighted by atomic mass is 9.95. The summed E-state index contributed by atoms with van der Waals surface area (Å²) >= 11 is 0. The molecule has 1 fully saturated rings. The standard InChI is InChI=1S/C15H23NO3S/c1-12-6-8-13(9-7-12)20(18,19)15-5-3-2-4-14(15)16-10-11-17/h6-9,14-17H,2-5,10-11H2,1H3/t14-,15+/m1/s1. The lowest BCUT2D eigenvalue weighted by Crippen LogP contribution is -2.47. The van der Waals surface area contributed by atoms with Gasteiger partial charge in [0.05, 0.1) is 16.8 Å². The second kappa shape index (κ2) is 6.70. The second-order valence-electron chi connectivity index (χ2n) is 5.47. The smallest absolute Gasteiger partial charge is 0.182 e. The zero-order valence-corrected chi connectivity index (χ0v) is 12.7. The van der Waals surface area contributed by atoms with Crippen LogP contribution < -0.4 is 5.32 Å². The third kappa shape index (κ3) is 3.40. The lowest BCUT2D eigenvalue weighted by molar-refractivity contribution is 0.272. The van der Waals surface area contributed by atoms with E-state index in [9.17, 15) is 8.42 Å². The summed E-state index contributed by atoms with van der Waals surface area (Å²) in [5, 5.41) is 11.7. The molecule has 2 rings (SSSR count). The average molecular weight is 297 g/mol. The molecule has 1 aliphatic carbocycles. The summed E-state index contributed by atoms with van der Waals surface area (Å²) in [5.74, 6) is 0. The Balaban J connectivity index is 2.23. The number of aliphatic hydroxyl groups is 1. The van der Waals surface area contributed by atoms with Crippen molar-refractivity contribution in [2.45, 2.75) is 48.8 Å². The summed E-state index contributed by atoms with van der Waals surface area (Å²) in [5.41, 5.74) is 1.06. The molecule has 4 nitrogen and oxygen atoms in total. The number of aryl methyl sites for hydroxylation is 1. The molecule has 0 unspecified atom stereocenters. The second-order valence-corrected chi connectivity index (χ2v) is 7.63. The van der Waals surface area contributed by atoms with Crippen LogP contribution in [0.25, 0.3) is 0 Å². The Morgan fingerprint density at radius 3 is 2.50 bits per heavy atom. The van der Waals surface area contributed by atoms with E-state index in [1.165, 1.54) is 0 Å². The van der Waals surface area contributed by atoms with Crippen molar-refractivity contribution < 1.29 is 13.5 Å². The SMILES string of the molecule is Cc1ccc(S(=O)(=O)[C@H]2CCCC[C@H]2NCCO)cc1.